The zero-order chi connectivity index (χ0) is 11.8. The quantitative estimate of drug-likeness (QED) is 0.799. The van der Waals surface area contributed by atoms with Gasteiger partial charge >= 0.3 is 0 Å². The van der Waals surface area contributed by atoms with Crippen LogP contribution in [0.2, 0.25) is 0 Å². The lowest BCUT2D eigenvalue weighted by Gasteiger charge is -2.13. The number of nitrogens with zero attached hydrogens (tertiary/aromatic N) is 4. The summed E-state index contributed by atoms with van der Waals surface area (Å²) in [6, 6.07) is 0. The van der Waals surface area contributed by atoms with Gasteiger partial charge in [0.1, 0.15) is 17.8 Å². The minimum atomic E-state index is -1.00. The molecule has 1 aliphatic rings. The highest BCUT2D eigenvalue weighted by atomic mass is 19.1. The van der Waals surface area contributed by atoms with Crippen molar-refractivity contribution >= 4 is 11.0 Å². The lowest BCUT2D eigenvalue weighted by atomic mass is 10.3. The number of fused-ring (bicyclic) bond motifs is 1. The molecule has 3 rings (SSSR count). The number of rotatable bonds is 2. The smallest absolute Gasteiger partial charge is 0.228 e. The number of hydrogen-bond acceptors (Lipinski definition) is 5. The van der Waals surface area contributed by atoms with Gasteiger partial charge in [0, 0.05) is 20.1 Å². The lowest BCUT2D eigenvalue weighted by Crippen LogP contribution is -2.27. The van der Waals surface area contributed by atoms with E-state index < -0.39 is 12.3 Å². The Morgan fingerprint density at radius 2 is 2.35 bits per heavy atom. The third-order valence-corrected chi connectivity index (χ3v) is 2.84. The number of nitrogens with one attached hydrogen (secondary N) is 1. The second-order valence-corrected chi connectivity index (χ2v) is 4.01. The highest BCUT2D eigenvalue weighted by Crippen LogP contribution is 2.22. The maximum atomic E-state index is 13.4. The third-order valence-electron chi connectivity index (χ3n) is 2.84. The molecule has 0 saturated carbocycles. The first-order valence-electron chi connectivity index (χ1n) is 5.40. The predicted octanol–water partition coefficient (Wildman–Crippen LogP) is 0.0520. The van der Waals surface area contributed by atoms with Crippen molar-refractivity contribution in [3.8, 4) is 5.88 Å². The average molecular weight is 237 g/mol. The van der Waals surface area contributed by atoms with E-state index >= 15 is 0 Å². The van der Waals surface area contributed by atoms with Gasteiger partial charge in [-0.05, 0) is 0 Å². The van der Waals surface area contributed by atoms with Crippen molar-refractivity contribution in [2.24, 2.45) is 7.05 Å². The summed E-state index contributed by atoms with van der Waals surface area (Å²) in [4.78, 5) is 8.13. The van der Waals surface area contributed by atoms with E-state index in [1.54, 1.807) is 17.9 Å². The van der Waals surface area contributed by atoms with Crippen molar-refractivity contribution in [2.45, 2.75) is 12.3 Å². The van der Waals surface area contributed by atoms with Crippen LogP contribution in [-0.2, 0) is 7.05 Å². The monoisotopic (exact) mass is 237 g/mol. The van der Waals surface area contributed by atoms with Gasteiger partial charge in [0.25, 0.3) is 0 Å². The first-order valence-corrected chi connectivity index (χ1v) is 5.40. The molecule has 2 atom stereocenters. The summed E-state index contributed by atoms with van der Waals surface area (Å²) in [5, 5.41) is 7.71. The van der Waals surface area contributed by atoms with Gasteiger partial charge in [-0.3, -0.25) is 4.68 Å². The van der Waals surface area contributed by atoms with Gasteiger partial charge in [0.2, 0.25) is 5.88 Å². The average Bonchev–Trinajstić information content (AvgIpc) is 2.89. The summed E-state index contributed by atoms with van der Waals surface area (Å²) in [6.45, 7) is 0.818. The van der Waals surface area contributed by atoms with Gasteiger partial charge in [-0.2, -0.15) is 5.10 Å². The largest absolute Gasteiger partial charge is 0.469 e. The molecule has 3 heterocycles. The van der Waals surface area contributed by atoms with Crippen LogP contribution in [0.15, 0.2) is 12.5 Å². The zero-order valence-corrected chi connectivity index (χ0v) is 9.30. The standard InChI is InChI=1S/C10H12FN5O/c1-16-9-6(2-15-16)10(14-5-13-9)17-8-4-12-3-7(8)11/h2,5,7-8,12H,3-4H2,1H3. The Morgan fingerprint density at radius 3 is 3.12 bits per heavy atom. The number of hydrogen-bond donors (Lipinski definition) is 1. The molecule has 0 bridgehead atoms. The summed E-state index contributed by atoms with van der Waals surface area (Å²) in [7, 11) is 1.79. The van der Waals surface area contributed by atoms with Crippen molar-refractivity contribution < 1.29 is 9.13 Å². The molecule has 7 heteroatoms. The second kappa shape index (κ2) is 3.92. The molecular weight excluding hydrogens is 225 g/mol. The molecule has 0 aliphatic carbocycles. The Morgan fingerprint density at radius 1 is 1.47 bits per heavy atom. The summed E-state index contributed by atoms with van der Waals surface area (Å²) < 4.78 is 20.6. The summed E-state index contributed by atoms with van der Waals surface area (Å²) in [5.41, 5.74) is 0.677. The number of aryl methyl sites for hydroxylation is 1. The molecule has 1 aliphatic heterocycles. The molecule has 2 unspecified atom stereocenters. The third kappa shape index (κ3) is 1.72. The normalized spacial score (nSPS) is 24.4. The molecule has 1 saturated heterocycles. The maximum Gasteiger partial charge on any atom is 0.228 e. The second-order valence-electron chi connectivity index (χ2n) is 4.01. The summed E-state index contributed by atoms with van der Waals surface area (Å²) in [5.74, 6) is 0.388. The molecule has 2 aromatic rings. The van der Waals surface area contributed by atoms with Crippen LogP contribution in [0.3, 0.4) is 0 Å². The van der Waals surface area contributed by atoms with E-state index in [9.17, 15) is 4.39 Å². The van der Waals surface area contributed by atoms with Crippen molar-refractivity contribution in [1.82, 2.24) is 25.1 Å². The molecule has 0 aromatic carbocycles. The number of aromatic nitrogens is 4. The van der Waals surface area contributed by atoms with Crippen LogP contribution < -0.4 is 10.1 Å². The van der Waals surface area contributed by atoms with E-state index in [-0.39, 0.29) is 0 Å². The number of halogens is 1. The Labute approximate surface area is 96.8 Å². The maximum absolute atomic E-state index is 13.4. The van der Waals surface area contributed by atoms with Crippen LogP contribution in [0, 0.1) is 0 Å². The van der Waals surface area contributed by atoms with Crippen molar-refractivity contribution in [1.29, 1.82) is 0 Å². The fourth-order valence-corrected chi connectivity index (χ4v) is 1.92. The highest BCUT2D eigenvalue weighted by molar-refractivity contribution is 5.79. The van der Waals surface area contributed by atoms with E-state index in [1.165, 1.54) is 6.33 Å². The van der Waals surface area contributed by atoms with E-state index in [4.69, 9.17) is 4.74 Å². The van der Waals surface area contributed by atoms with Crippen molar-refractivity contribution in [2.75, 3.05) is 13.1 Å². The van der Waals surface area contributed by atoms with Crippen LogP contribution in [0.1, 0.15) is 0 Å². The molecule has 90 valence electrons. The minimum absolute atomic E-state index is 0.325. The summed E-state index contributed by atoms with van der Waals surface area (Å²) in [6.07, 6.45) is 1.53. The van der Waals surface area contributed by atoms with Crippen LogP contribution in [0.25, 0.3) is 11.0 Å². The van der Waals surface area contributed by atoms with Crippen molar-refractivity contribution in [3.05, 3.63) is 12.5 Å². The van der Waals surface area contributed by atoms with Gasteiger partial charge in [0.15, 0.2) is 11.8 Å². The van der Waals surface area contributed by atoms with Gasteiger partial charge in [-0.15, -0.1) is 0 Å². The first kappa shape index (κ1) is 10.4. The van der Waals surface area contributed by atoms with E-state index in [0.29, 0.717) is 30.0 Å². The Bertz CT molecular complexity index is 542. The Kier molecular flexibility index (Phi) is 2.40. The van der Waals surface area contributed by atoms with E-state index in [2.05, 4.69) is 20.4 Å². The van der Waals surface area contributed by atoms with Crippen LogP contribution in [0.4, 0.5) is 4.39 Å². The molecular formula is C10H12FN5O. The Balaban J connectivity index is 1.94. The molecule has 0 radical (unpaired) electrons. The zero-order valence-electron chi connectivity index (χ0n) is 9.30. The number of ether oxygens (including phenoxy) is 1. The minimum Gasteiger partial charge on any atom is -0.469 e. The number of alkyl halides is 1. The fraction of sp³-hybridized carbons (Fsp3) is 0.500. The molecule has 17 heavy (non-hydrogen) atoms. The molecule has 6 nitrogen and oxygen atoms in total. The molecule has 1 N–H and O–H groups in total. The molecule has 2 aromatic heterocycles. The molecule has 0 amide bonds. The lowest BCUT2D eigenvalue weighted by molar-refractivity contribution is 0.136. The fourth-order valence-electron chi connectivity index (χ4n) is 1.92. The van der Waals surface area contributed by atoms with Gasteiger partial charge in [0.05, 0.1) is 6.20 Å². The highest BCUT2D eigenvalue weighted by Gasteiger charge is 2.29. The summed E-state index contributed by atoms with van der Waals surface area (Å²) >= 11 is 0. The molecule has 1 fully saturated rings. The Hall–Kier alpha value is -1.76. The predicted molar refractivity (Wildman–Crippen MR) is 58.5 cm³/mol. The van der Waals surface area contributed by atoms with Gasteiger partial charge in [-0.25, -0.2) is 14.4 Å². The SMILES string of the molecule is Cn1ncc2c(OC3CNCC3F)ncnc21. The first-order chi connectivity index (χ1) is 8.25. The van der Waals surface area contributed by atoms with Crippen LogP contribution in [0.5, 0.6) is 5.88 Å². The van der Waals surface area contributed by atoms with Crippen LogP contribution >= 0.6 is 0 Å². The molecule has 0 spiro atoms. The van der Waals surface area contributed by atoms with E-state index in [1.807, 2.05) is 0 Å². The topological polar surface area (TPSA) is 64.9 Å². The van der Waals surface area contributed by atoms with Crippen molar-refractivity contribution in [3.63, 3.8) is 0 Å². The van der Waals surface area contributed by atoms with Gasteiger partial charge in [-0.1, -0.05) is 0 Å². The van der Waals surface area contributed by atoms with Gasteiger partial charge < -0.3 is 10.1 Å². The van der Waals surface area contributed by atoms with Crippen LogP contribution in [-0.4, -0.2) is 45.1 Å². The van der Waals surface area contributed by atoms with E-state index in [0.717, 1.165) is 0 Å².